The Labute approximate surface area is 165 Å². The van der Waals surface area contributed by atoms with Gasteiger partial charge in [0.1, 0.15) is 11.5 Å². The van der Waals surface area contributed by atoms with Gasteiger partial charge in [-0.2, -0.15) is 8.78 Å². The SMILES string of the molecule is CN=C(NCCc1c(C)noc1C)NCc1cc(Cl)cc(Cl)c1OC(F)F. The van der Waals surface area contributed by atoms with Gasteiger partial charge in [0, 0.05) is 36.3 Å². The first kappa shape index (κ1) is 21.2. The molecule has 2 aromatic rings. The number of benzene rings is 1. The number of aliphatic imine (C=N–C) groups is 1. The highest BCUT2D eigenvalue weighted by molar-refractivity contribution is 6.35. The fraction of sp³-hybridized carbons (Fsp3) is 0.412. The van der Waals surface area contributed by atoms with Crippen molar-refractivity contribution in [2.24, 2.45) is 4.99 Å². The lowest BCUT2D eigenvalue weighted by Gasteiger charge is -2.16. The van der Waals surface area contributed by atoms with Crippen LogP contribution in [0.15, 0.2) is 21.6 Å². The van der Waals surface area contributed by atoms with Gasteiger partial charge in [0.2, 0.25) is 0 Å². The molecule has 0 aliphatic rings. The highest BCUT2D eigenvalue weighted by Gasteiger charge is 2.16. The summed E-state index contributed by atoms with van der Waals surface area (Å²) < 4.78 is 34.9. The Balaban J connectivity index is 1.97. The maximum absolute atomic E-state index is 12.6. The molecule has 0 fully saturated rings. The molecule has 0 spiro atoms. The van der Waals surface area contributed by atoms with Gasteiger partial charge in [-0.25, -0.2) is 0 Å². The van der Waals surface area contributed by atoms with Gasteiger partial charge in [-0.05, 0) is 32.4 Å². The molecule has 27 heavy (non-hydrogen) atoms. The minimum absolute atomic E-state index is 0.0148. The molecule has 1 aromatic carbocycles. The summed E-state index contributed by atoms with van der Waals surface area (Å²) in [5.41, 5.74) is 2.27. The van der Waals surface area contributed by atoms with Crippen molar-refractivity contribution in [2.45, 2.75) is 33.4 Å². The van der Waals surface area contributed by atoms with Crippen LogP contribution in [0.3, 0.4) is 0 Å². The van der Waals surface area contributed by atoms with E-state index in [1.165, 1.54) is 12.1 Å². The second-order valence-corrected chi connectivity index (χ2v) is 6.50. The van der Waals surface area contributed by atoms with Gasteiger partial charge < -0.3 is 19.9 Å². The van der Waals surface area contributed by atoms with E-state index >= 15 is 0 Å². The number of hydrogen-bond donors (Lipinski definition) is 2. The van der Waals surface area contributed by atoms with Gasteiger partial charge in [-0.1, -0.05) is 28.4 Å². The van der Waals surface area contributed by atoms with Crippen LogP contribution in [0.4, 0.5) is 8.78 Å². The molecule has 10 heteroatoms. The zero-order valence-corrected chi connectivity index (χ0v) is 16.6. The summed E-state index contributed by atoms with van der Waals surface area (Å²) in [7, 11) is 1.60. The fourth-order valence-corrected chi connectivity index (χ4v) is 3.11. The van der Waals surface area contributed by atoms with Crippen molar-refractivity contribution in [2.75, 3.05) is 13.6 Å². The number of rotatable bonds is 7. The first-order chi connectivity index (χ1) is 12.8. The molecule has 0 atom stereocenters. The van der Waals surface area contributed by atoms with Crippen LogP contribution in [0.2, 0.25) is 10.0 Å². The minimum Gasteiger partial charge on any atom is -0.433 e. The Kier molecular flexibility index (Phi) is 7.67. The smallest absolute Gasteiger partial charge is 0.387 e. The number of hydrogen-bond acceptors (Lipinski definition) is 4. The molecule has 0 aliphatic carbocycles. The zero-order valence-electron chi connectivity index (χ0n) is 15.1. The van der Waals surface area contributed by atoms with Crippen molar-refractivity contribution in [1.29, 1.82) is 0 Å². The molecule has 1 aromatic heterocycles. The Morgan fingerprint density at radius 2 is 2.04 bits per heavy atom. The number of aromatic nitrogens is 1. The molecule has 2 rings (SSSR count). The van der Waals surface area contributed by atoms with Gasteiger partial charge >= 0.3 is 6.61 Å². The predicted molar refractivity (Wildman–Crippen MR) is 101 cm³/mol. The number of aryl methyl sites for hydroxylation is 2. The number of nitrogens with one attached hydrogen (secondary N) is 2. The Morgan fingerprint density at radius 3 is 2.63 bits per heavy atom. The van der Waals surface area contributed by atoms with Crippen molar-refractivity contribution >= 4 is 29.2 Å². The summed E-state index contributed by atoms with van der Waals surface area (Å²) in [5.74, 6) is 1.15. The number of ether oxygens (including phenoxy) is 1. The number of nitrogens with zero attached hydrogens (tertiary/aromatic N) is 2. The van der Waals surface area contributed by atoms with E-state index in [4.69, 9.17) is 27.7 Å². The fourth-order valence-electron chi connectivity index (χ4n) is 2.53. The zero-order chi connectivity index (χ0) is 20.0. The van der Waals surface area contributed by atoms with Gasteiger partial charge in [-0.3, -0.25) is 4.99 Å². The summed E-state index contributed by atoms with van der Waals surface area (Å²) in [5, 5.41) is 10.4. The third-order valence-electron chi connectivity index (χ3n) is 3.81. The van der Waals surface area contributed by atoms with Crippen molar-refractivity contribution in [1.82, 2.24) is 15.8 Å². The predicted octanol–water partition coefficient (Wildman–Crippen LogP) is 4.11. The lowest BCUT2D eigenvalue weighted by molar-refractivity contribution is -0.0504. The van der Waals surface area contributed by atoms with Gasteiger partial charge in [0.15, 0.2) is 5.96 Å². The molecule has 0 aliphatic heterocycles. The summed E-state index contributed by atoms with van der Waals surface area (Å²) in [6.07, 6.45) is 0.699. The first-order valence-electron chi connectivity index (χ1n) is 8.10. The van der Waals surface area contributed by atoms with Crippen molar-refractivity contribution in [3.8, 4) is 5.75 Å². The van der Waals surface area contributed by atoms with Crippen LogP contribution in [0, 0.1) is 13.8 Å². The van der Waals surface area contributed by atoms with E-state index < -0.39 is 6.61 Å². The van der Waals surface area contributed by atoms with E-state index in [0.717, 1.165) is 17.0 Å². The van der Waals surface area contributed by atoms with Crippen molar-refractivity contribution in [3.05, 3.63) is 44.8 Å². The lowest BCUT2D eigenvalue weighted by Crippen LogP contribution is -2.38. The maximum Gasteiger partial charge on any atom is 0.387 e. The lowest BCUT2D eigenvalue weighted by atomic mass is 10.1. The average molecular weight is 421 g/mol. The topological polar surface area (TPSA) is 71.7 Å². The highest BCUT2D eigenvalue weighted by atomic mass is 35.5. The molecule has 0 amide bonds. The van der Waals surface area contributed by atoms with Crippen LogP contribution < -0.4 is 15.4 Å². The van der Waals surface area contributed by atoms with E-state index in [1.54, 1.807) is 7.05 Å². The van der Waals surface area contributed by atoms with E-state index in [2.05, 4.69) is 25.5 Å². The van der Waals surface area contributed by atoms with E-state index in [0.29, 0.717) is 29.5 Å². The van der Waals surface area contributed by atoms with Crippen LogP contribution in [0.25, 0.3) is 0 Å². The number of alkyl halides is 2. The van der Waals surface area contributed by atoms with Crippen molar-refractivity contribution < 1.29 is 18.0 Å². The second-order valence-electron chi connectivity index (χ2n) is 5.66. The third-order valence-corrected chi connectivity index (χ3v) is 4.31. The standard InChI is InChI=1S/C17H20Cl2F2N4O2/c1-9-13(10(2)27-25-9)4-5-23-17(22-3)24-8-11-6-12(18)7-14(19)15(11)26-16(20)21/h6-7,16H,4-5,8H2,1-3H3,(H2,22,23,24). The van der Waals surface area contributed by atoms with Gasteiger partial charge in [0.05, 0.1) is 10.7 Å². The number of guanidine groups is 1. The van der Waals surface area contributed by atoms with E-state index in [9.17, 15) is 8.78 Å². The Bertz CT molecular complexity index is 793. The third kappa shape index (κ3) is 5.97. The molecular weight excluding hydrogens is 401 g/mol. The quantitative estimate of drug-likeness (QED) is 0.520. The van der Waals surface area contributed by atoms with Crippen molar-refractivity contribution in [3.63, 3.8) is 0 Å². The van der Waals surface area contributed by atoms with E-state index in [1.807, 2.05) is 13.8 Å². The molecule has 0 saturated carbocycles. The first-order valence-corrected chi connectivity index (χ1v) is 8.86. The molecular formula is C17H20Cl2F2N4O2. The summed E-state index contributed by atoms with van der Waals surface area (Å²) in [4.78, 5) is 4.10. The Morgan fingerprint density at radius 1 is 1.30 bits per heavy atom. The average Bonchev–Trinajstić information content (AvgIpc) is 2.92. The molecule has 1 heterocycles. The van der Waals surface area contributed by atoms with E-state index in [-0.39, 0.29) is 17.3 Å². The summed E-state index contributed by atoms with van der Waals surface area (Å²) in [6.45, 7) is 1.48. The summed E-state index contributed by atoms with van der Waals surface area (Å²) >= 11 is 11.9. The molecule has 2 N–H and O–H groups in total. The van der Waals surface area contributed by atoms with Crippen LogP contribution >= 0.6 is 23.2 Å². The minimum atomic E-state index is -2.99. The monoisotopic (exact) mass is 420 g/mol. The maximum atomic E-state index is 12.6. The van der Waals surface area contributed by atoms with Gasteiger partial charge in [0.25, 0.3) is 0 Å². The van der Waals surface area contributed by atoms with Crippen LogP contribution in [-0.4, -0.2) is 31.3 Å². The molecule has 0 radical (unpaired) electrons. The van der Waals surface area contributed by atoms with Crippen LogP contribution in [-0.2, 0) is 13.0 Å². The second kappa shape index (κ2) is 9.75. The van der Waals surface area contributed by atoms with Gasteiger partial charge in [-0.15, -0.1) is 0 Å². The molecule has 0 bridgehead atoms. The summed E-state index contributed by atoms with van der Waals surface area (Å²) in [6, 6.07) is 2.86. The molecule has 148 valence electrons. The number of halogens is 4. The molecule has 0 saturated heterocycles. The molecule has 0 unspecified atom stereocenters. The molecule has 6 nitrogen and oxygen atoms in total. The normalized spacial score (nSPS) is 11.8. The van der Waals surface area contributed by atoms with Crippen LogP contribution in [0.5, 0.6) is 5.75 Å². The largest absolute Gasteiger partial charge is 0.433 e. The Hall–Kier alpha value is -2.06. The highest BCUT2D eigenvalue weighted by Crippen LogP contribution is 2.33. The van der Waals surface area contributed by atoms with Crippen LogP contribution in [0.1, 0.15) is 22.6 Å².